The van der Waals surface area contributed by atoms with Gasteiger partial charge in [-0.15, -0.1) is 0 Å². The van der Waals surface area contributed by atoms with E-state index in [1.165, 1.54) is 0 Å². The summed E-state index contributed by atoms with van der Waals surface area (Å²) in [6, 6.07) is 0. The maximum absolute atomic E-state index is 12.2. The molecule has 1 rings (SSSR count). The van der Waals surface area contributed by atoms with Crippen LogP contribution in [0, 0.1) is 0 Å². The van der Waals surface area contributed by atoms with E-state index in [1.807, 2.05) is 0 Å². The van der Waals surface area contributed by atoms with Gasteiger partial charge in [-0.1, -0.05) is 0 Å². The number of rotatable bonds is 10. The molecule has 10 heteroatoms. The molecule has 0 saturated carbocycles. The largest absolute Gasteiger partial charge is 0.341 e. The highest BCUT2D eigenvalue weighted by molar-refractivity contribution is 6.49. The Morgan fingerprint density at radius 2 is 1.33 bits per heavy atom. The van der Waals surface area contributed by atoms with Crippen molar-refractivity contribution in [2.24, 2.45) is 0 Å². The van der Waals surface area contributed by atoms with Crippen LogP contribution in [0.3, 0.4) is 0 Å². The van der Waals surface area contributed by atoms with Crippen molar-refractivity contribution in [2.45, 2.75) is 52.7 Å². The maximum Gasteiger partial charge on any atom is 0.250 e. The molecule has 1 heterocycles. The van der Waals surface area contributed by atoms with Crippen molar-refractivity contribution in [1.82, 2.24) is 20.9 Å². The lowest BCUT2D eigenvalue weighted by atomic mass is 10.1. The molecule has 0 unspecified atom stereocenters. The minimum atomic E-state index is -1.00. The fourth-order valence-corrected chi connectivity index (χ4v) is 1.71. The fourth-order valence-electron chi connectivity index (χ4n) is 1.71. The lowest BCUT2D eigenvalue weighted by molar-refractivity contribution is -0.122. The zero-order valence-electron chi connectivity index (χ0n) is 16.4. The van der Waals surface area contributed by atoms with Gasteiger partial charge in [0, 0.05) is 0 Å². The molecule has 150 valence electrons. The van der Waals surface area contributed by atoms with E-state index < -0.39 is 53.1 Å². The zero-order valence-corrected chi connectivity index (χ0v) is 16.4. The highest BCUT2D eigenvalue weighted by Gasteiger charge is 2.29. The minimum Gasteiger partial charge on any atom is -0.341 e. The average molecular weight is 382 g/mol. The summed E-state index contributed by atoms with van der Waals surface area (Å²) in [4.78, 5) is 64.9. The number of H-pyrrole nitrogens is 1. The van der Waals surface area contributed by atoms with Crippen molar-refractivity contribution in [1.29, 1.82) is 0 Å². The van der Waals surface area contributed by atoms with Crippen LogP contribution in [0.4, 0.5) is 0 Å². The third-order valence-electron chi connectivity index (χ3n) is 2.81. The van der Waals surface area contributed by atoms with E-state index in [1.54, 1.807) is 41.5 Å². The molecule has 0 aliphatic heterocycles. The van der Waals surface area contributed by atoms with Gasteiger partial charge in [-0.3, -0.25) is 28.9 Å². The first-order valence-electron chi connectivity index (χ1n) is 8.32. The van der Waals surface area contributed by atoms with Crippen LogP contribution in [-0.4, -0.2) is 57.4 Å². The summed E-state index contributed by atoms with van der Waals surface area (Å²) in [6.07, 6.45) is 1.07. The molecule has 0 saturated heterocycles. The van der Waals surface area contributed by atoms with Gasteiger partial charge in [-0.05, 0) is 41.5 Å². The lowest BCUT2D eigenvalue weighted by Gasteiger charge is -2.18. The quantitative estimate of drug-likeness (QED) is 0.301. The summed E-state index contributed by atoms with van der Waals surface area (Å²) in [5, 5.41) is 0. The standard InChI is InChI=1S/C17H26N4O6/c1-16(2,3)26-20-7-10(22)14(24)12-13(19-9-18-12)15(25)11(23)8-21-27-17(4,5)6/h9,20-21H,7-8H2,1-6H3,(H,18,19). The van der Waals surface area contributed by atoms with Crippen molar-refractivity contribution in [3.63, 3.8) is 0 Å². The van der Waals surface area contributed by atoms with Crippen molar-refractivity contribution in [2.75, 3.05) is 13.1 Å². The normalized spacial score (nSPS) is 12.1. The number of nitrogens with one attached hydrogen (secondary N) is 3. The molecule has 0 amide bonds. The highest BCUT2D eigenvalue weighted by atomic mass is 16.7. The SMILES string of the molecule is CC(C)(C)ONCC(=O)C(=O)c1nc[nH]c1C(=O)C(=O)CNOC(C)(C)C. The van der Waals surface area contributed by atoms with Gasteiger partial charge in [0.05, 0.1) is 30.6 Å². The molecule has 0 aliphatic rings. The molecule has 0 bridgehead atoms. The molecule has 0 aliphatic carbocycles. The number of ketones is 4. The maximum atomic E-state index is 12.2. The monoisotopic (exact) mass is 382 g/mol. The van der Waals surface area contributed by atoms with Crippen LogP contribution in [0.5, 0.6) is 0 Å². The molecule has 1 aromatic heterocycles. The molecular formula is C17H26N4O6. The van der Waals surface area contributed by atoms with E-state index in [2.05, 4.69) is 20.9 Å². The second-order valence-electron chi connectivity index (χ2n) is 7.70. The summed E-state index contributed by atoms with van der Waals surface area (Å²) < 4.78 is 0. The Balaban J connectivity index is 2.71. The average Bonchev–Trinajstić information content (AvgIpc) is 3.00. The van der Waals surface area contributed by atoms with Crippen LogP contribution in [0.1, 0.15) is 62.5 Å². The van der Waals surface area contributed by atoms with E-state index in [4.69, 9.17) is 9.68 Å². The van der Waals surface area contributed by atoms with Crippen molar-refractivity contribution in [3.05, 3.63) is 17.7 Å². The number of aromatic amines is 1. The second-order valence-corrected chi connectivity index (χ2v) is 7.70. The molecule has 1 aromatic rings. The van der Waals surface area contributed by atoms with Crippen LogP contribution in [-0.2, 0) is 19.3 Å². The van der Waals surface area contributed by atoms with Gasteiger partial charge in [-0.2, -0.15) is 11.0 Å². The van der Waals surface area contributed by atoms with Gasteiger partial charge in [0.15, 0.2) is 0 Å². The van der Waals surface area contributed by atoms with Crippen molar-refractivity contribution in [3.8, 4) is 0 Å². The topological polar surface area (TPSA) is 139 Å². The molecule has 27 heavy (non-hydrogen) atoms. The van der Waals surface area contributed by atoms with E-state index >= 15 is 0 Å². The fraction of sp³-hybridized carbons (Fsp3) is 0.588. The lowest BCUT2D eigenvalue weighted by Crippen LogP contribution is -2.37. The van der Waals surface area contributed by atoms with Crippen LogP contribution in [0.15, 0.2) is 6.33 Å². The van der Waals surface area contributed by atoms with Crippen LogP contribution >= 0.6 is 0 Å². The molecule has 0 fully saturated rings. The number of carbonyl (C=O) groups is 4. The molecule has 0 radical (unpaired) electrons. The number of hydroxylamine groups is 2. The van der Waals surface area contributed by atoms with Crippen LogP contribution < -0.4 is 11.0 Å². The van der Waals surface area contributed by atoms with Gasteiger partial charge in [-0.25, -0.2) is 4.98 Å². The van der Waals surface area contributed by atoms with Gasteiger partial charge in [0.2, 0.25) is 17.3 Å². The molecule has 3 N–H and O–H groups in total. The molecule has 0 spiro atoms. The number of hydrogen-bond donors (Lipinski definition) is 3. The van der Waals surface area contributed by atoms with Gasteiger partial charge in [0.1, 0.15) is 11.4 Å². The van der Waals surface area contributed by atoms with Gasteiger partial charge in [0.25, 0.3) is 5.78 Å². The van der Waals surface area contributed by atoms with Gasteiger partial charge >= 0.3 is 0 Å². The van der Waals surface area contributed by atoms with Crippen molar-refractivity contribution >= 4 is 23.1 Å². The van der Waals surface area contributed by atoms with E-state index in [-0.39, 0.29) is 5.69 Å². The van der Waals surface area contributed by atoms with Crippen molar-refractivity contribution < 1.29 is 28.9 Å². The predicted molar refractivity (Wildman–Crippen MR) is 94.9 cm³/mol. The predicted octanol–water partition coefficient (Wildman–Crippen LogP) is 0.553. The Hall–Kier alpha value is -2.27. The molecule has 0 atom stereocenters. The van der Waals surface area contributed by atoms with E-state index in [9.17, 15) is 19.2 Å². The number of hydrogen-bond acceptors (Lipinski definition) is 9. The third-order valence-corrected chi connectivity index (χ3v) is 2.81. The Kier molecular flexibility index (Phi) is 7.66. The molecule has 10 nitrogen and oxygen atoms in total. The Morgan fingerprint density at radius 3 is 1.78 bits per heavy atom. The number of imidazole rings is 1. The summed E-state index contributed by atoms with van der Waals surface area (Å²) in [7, 11) is 0. The molecular weight excluding hydrogens is 356 g/mol. The number of Topliss-reactive ketones (excluding diaryl/α,β-unsaturated/α-hetero) is 4. The van der Waals surface area contributed by atoms with E-state index in [0.717, 1.165) is 6.33 Å². The summed E-state index contributed by atoms with van der Waals surface area (Å²) in [6.45, 7) is 9.80. The second kappa shape index (κ2) is 9.09. The summed E-state index contributed by atoms with van der Waals surface area (Å²) in [5.41, 5.74) is 2.94. The van der Waals surface area contributed by atoms with E-state index in [0.29, 0.717) is 0 Å². The first-order chi connectivity index (χ1) is 12.3. The summed E-state index contributed by atoms with van der Waals surface area (Å²) in [5.74, 6) is -3.69. The van der Waals surface area contributed by atoms with Crippen LogP contribution in [0.2, 0.25) is 0 Å². The summed E-state index contributed by atoms with van der Waals surface area (Å²) >= 11 is 0. The Bertz CT molecular complexity index is 653. The Morgan fingerprint density at radius 1 is 0.889 bits per heavy atom. The number of carbonyl (C=O) groups excluding carboxylic acids is 4. The minimum absolute atomic E-state index is 0.340. The number of nitrogens with zero attached hydrogens (tertiary/aromatic N) is 1. The smallest absolute Gasteiger partial charge is 0.250 e. The first kappa shape index (κ1) is 22.8. The van der Waals surface area contributed by atoms with Crippen LogP contribution in [0.25, 0.3) is 0 Å². The third kappa shape index (κ3) is 7.87. The number of aromatic nitrogens is 2. The Labute approximate surface area is 157 Å². The molecule has 0 aromatic carbocycles. The first-order valence-corrected chi connectivity index (χ1v) is 8.32. The van der Waals surface area contributed by atoms with Gasteiger partial charge < -0.3 is 4.98 Å². The zero-order chi connectivity index (χ0) is 20.8. The highest BCUT2D eigenvalue weighted by Crippen LogP contribution is 2.08.